The molecule has 1 rings (SSSR count). The number of alkyl carbamates (subject to hydrolysis) is 1. The Kier molecular flexibility index (Phi) is 6.64. The van der Waals surface area contributed by atoms with E-state index in [1.165, 1.54) is 0 Å². The number of ether oxygens (including phenoxy) is 2. The molecule has 0 saturated carbocycles. The second kappa shape index (κ2) is 8.00. The van der Waals surface area contributed by atoms with Gasteiger partial charge >= 0.3 is 12.1 Å². The average molecular weight is 330 g/mol. The molecule has 1 aromatic rings. The molecule has 0 spiro atoms. The first-order valence-electron chi connectivity index (χ1n) is 6.72. The van der Waals surface area contributed by atoms with Gasteiger partial charge in [-0.1, -0.05) is 29.8 Å². The second-order valence-corrected chi connectivity index (χ2v) is 6.05. The van der Waals surface area contributed by atoms with E-state index < -0.39 is 23.7 Å². The summed E-state index contributed by atoms with van der Waals surface area (Å²) in [7, 11) is 0. The minimum Gasteiger partial charge on any atom is -0.480 e. The van der Waals surface area contributed by atoms with E-state index in [2.05, 4.69) is 5.32 Å². The molecule has 122 valence electrons. The molecule has 0 aliphatic rings. The van der Waals surface area contributed by atoms with E-state index >= 15 is 0 Å². The molecule has 2 N–H and O–H groups in total. The van der Waals surface area contributed by atoms with Crippen LogP contribution in [-0.2, 0) is 20.9 Å². The molecular weight excluding hydrogens is 310 g/mol. The number of benzene rings is 1. The summed E-state index contributed by atoms with van der Waals surface area (Å²) >= 11 is 5.97. The summed E-state index contributed by atoms with van der Waals surface area (Å²) in [4.78, 5) is 22.7. The Morgan fingerprint density at radius 1 is 1.32 bits per heavy atom. The van der Waals surface area contributed by atoms with Crippen molar-refractivity contribution in [2.75, 3.05) is 6.61 Å². The van der Waals surface area contributed by atoms with Crippen molar-refractivity contribution in [3.63, 3.8) is 0 Å². The Hall–Kier alpha value is -1.79. The van der Waals surface area contributed by atoms with Crippen LogP contribution in [-0.4, -0.2) is 35.4 Å². The van der Waals surface area contributed by atoms with Crippen LogP contribution in [0.25, 0.3) is 0 Å². The summed E-state index contributed by atoms with van der Waals surface area (Å²) in [6, 6.07) is 5.89. The predicted molar refractivity (Wildman–Crippen MR) is 81.9 cm³/mol. The van der Waals surface area contributed by atoms with Crippen LogP contribution in [0.3, 0.4) is 0 Å². The lowest BCUT2D eigenvalue weighted by Crippen LogP contribution is -2.46. The number of amides is 1. The van der Waals surface area contributed by atoms with Crippen LogP contribution in [0.4, 0.5) is 4.79 Å². The maximum atomic E-state index is 11.6. The van der Waals surface area contributed by atoms with Gasteiger partial charge in [-0.15, -0.1) is 0 Å². The van der Waals surface area contributed by atoms with Crippen LogP contribution in [0.5, 0.6) is 0 Å². The first-order valence-corrected chi connectivity index (χ1v) is 7.10. The number of carbonyl (C=O) groups excluding carboxylic acids is 1. The number of aliphatic carboxylic acids is 1. The summed E-state index contributed by atoms with van der Waals surface area (Å²) in [6.07, 6.45) is -0.804. The molecule has 0 aliphatic heterocycles. The van der Waals surface area contributed by atoms with Crippen molar-refractivity contribution >= 4 is 23.7 Å². The zero-order valence-electron chi connectivity index (χ0n) is 12.8. The van der Waals surface area contributed by atoms with Gasteiger partial charge in [0.1, 0.15) is 5.60 Å². The molecule has 0 aromatic heterocycles. The zero-order valence-corrected chi connectivity index (χ0v) is 13.5. The molecule has 1 aromatic carbocycles. The molecule has 1 amide bonds. The Bertz CT molecular complexity index is 527. The summed E-state index contributed by atoms with van der Waals surface area (Å²) in [5.41, 5.74) is 0.0385. The van der Waals surface area contributed by atoms with Crippen molar-refractivity contribution in [2.24, 2.45) is 0 Å². The maximum absolute atomic E-state index is 11.6. The standard InChI is InChI=1S/C15H20ClNO5/c1-15(2,3)22-14(20)17-12(13(18)19)9-21-8-10-6-4-5-7-11(10)16/h4-7,12H,8-9H2,1-3H3,(H,17,20)(H,18,19)/t12-/m1/s1. The molecule has 6 nitrogen and oxygen atoms in total. The van der Waals surface area contributed by atoms with Crippen molar-refractivity contribution in [3.05, 3.63) is 34.9 Å². The van der Waals surface area contributed by atoms with Crippen LogP contribution in [0.2, 0.25) is 5.02 Å². The summed E-state index contributed by atoms with van der Waals surface area (Å²) < 4.78 is 10.3. The van der Waals surface area contributed by atoms with Gasteiger partial charge in [0.2, 0.25) is 0 Å². The van der Waals surface area contributed by atoms with E-state index in [1.54, 1.807) is 45.0 Å². The van der Waals surface area contributed by atoms with Crippen molar-refractivity contribution in [3.8, 4) is 0 Å². The number of rotatable bonds is 6. The monoisotopic (exact) mass is 329 g/mol. The molecule has 0 heterocycles. The highest BCUT2D eigenvalue weighted by Gasteiger charge is 2.24. The van der Waals surface area contributed by atoms with Gasteiger partial charge in [-0.05, 0) is 32.4 Å². The van der Waals surface area contributed by atoms with E-state index in [4.69, 9.17) is 26.2 Å². The fraction of sp³-hybridized carbons (Fsp3) is 0.467. The lowest BCUT2D eigenvalue weighted by atomic mass is 10.2. The van der Waals surface area contributed by atoms with Crippen molar-refractivity contribution in [2.45, 2.75) is 39.0 Å². The van der Waals surface area contributed by atoms with Gasteiger partial charge in [0.25, 0.3) is 0 Å². The molecule has 0 saturated heterocycles. The van der Waals surface area contributed by atoms with Crippen LogP contribution >= 0.6 is 11.6 Å². The molecule has 0 bridgehead atoms. The van der Waals surface area contributed by atoms with Crippen LogP contribution in [0.1, 0.15) is 26.3 Å². The maximum Gasteiger partial charge on any atom is 0.408 e. The molecule has 1 atom stereocenters. The third-order valence-corrected chi connectivity index (χ3v) is 2.86. The van der Waals surface area contributed by atoms with E-state index in [0.29, 0.717) is 5.02 Å². The van der Waals surface area contributed by atoms with Crippen molar-refractivity contribution in [1.82, 2.24) is 5.32 Å². The second-order valence-electron chi connectivity index (χ2n) is 5.64. The van der Waals surface area contributed by atoms with Crippen LogP contribution in [0, 0.1) is 0 Å². The van der Waals surface area contributed by atoms with Crippen molar-refractivity contribution in [1.29, 1.82) is 0 Å². The summed E-state index contributed by atoms with van der Waals surface area (Å²) in [6.45, 7) is 5.03. The predicted octanol–water partition coefficient (Wildman–Crippen LogP) is 2.83. The molecular formula is C15H20ClNO5. The van der Waals surface area contributed by atoms with Crippen molar-refractivity contribution < 1.29 is 24.2 Å². The molecule has 0 unspecified atom stereocenters. The van der Waals surface area contributed by atoms with Gasteiger partial charge in [0.05, 0.1) is 13.2 Å². The Balaban J connectivity index is 2.50. The molecule has 7 heteroatoms. The minimum atomic E-state index is -1.20. The van der Waals surface area contributed by atoms with Gasteiger partial charge in [-0.25, -0.2) is 9.59 Å². The summed E-state index contributed by atoms with van der Waals surface area (Å²) in [5, 5.41) is 11.9. The number of carboxylic acid groups (broad SMARTS) is 1. The fourth-order valence-corrected chi connectivity index (χ4v) is 1.72. The lowest BCUT2D eigenvalue weighted by Gasteiger charge is -2.22. The van der Waals surface area contributed by atoms with Gasteiger partial charge < -0.3 is 19.9 Å². The molecule has 0 radical (unpaired) electrons. The average Bonchev–Trinajstić information content (AvgIpc) is 2.37. The van der Waals surface area contributed by atoms with Gasteiger partial charge in [-0.3, -0.25) is 0 Å². The Labute approximate surface area is 134 Å². The smallest absolute Gasteiger partial charge is 0.408 e. The first-order chi connectivity index (χ1) is 10.2. The highest BCUT2D eigenvalue weighted by molar-refractivity contribution is 6.31. The van der Waals surface area contributed by atoms with Gasteiger partial charge in [0, 0.05) is 5.02 Å². The zero-order chi connectivity index (χ0) is 16.8. The van der Waals surface area contributed by atoms with E-state index in [9.17, 15) is 9.59 Å². The number of carboxylic acids is 1. The SMILES string of the molecule is CC(C)(C)OC(=O)N[C@H](COCc1ccccc1Cl)C(=O)O. The minimum absolute atomic E-state index is 0.152. The number of hydrogen-bond donors (Lipinski definition) is 2. The fourth-order valence-electron chi connectivity index (χ4n) is 1.53. The number of halogens is 1. The van der Waals surface area contributed by atoms with Gasteiger partial charge in [0.15, 0.2) is 6.04 Å². The highest BCUT2D eigenvalue weighted by atomic mass is 35.5. The normalized spacial score (nSPS) is 12.5. The third-order valence-electron chi connectivity index (χ3n) is 2.49. The number of carbonyl (C=O) groups is 2. The quantitative estimate of drug-likeness (QED) is 0.838. The number of hydrogen-bond acceptors (Lipinski definition) is 4. The van der Waals surface area contributed by atoms with Gasteiger partial charge in [-0.2, -0.15) is 0 Å². The number of nitrogens with one attached hydrogen (secondary N) is 1. The van der Waals surface area contributed by atoms with Crippen LogP contribution in [0.15, 0.2) is 24.3 Å². The van der Waals surface area contributed by atoms with Crippen LogP contribution < -0.4 is 5.32 Å². The first kappa shape index (κ1) is 18.3. The third kappa shape index (κ3) is 6.78. The van der Waals surface area contributed by atoms with E-state index in [0.717, 1.165) is 5.56 Å². The largest absolute Gasteiger partial charge is 0.480 e. The van der Waals surface area contributed by atoms with E-state index in [1.807, 2.05) is 0 Å². The Morgan fingerprint density at radius 2 is 1.95 bits per heavy atom. The highest BCUT2D eigenvalue weighted by Crippen LogP contribution is 2.15. The molecule has 0 aliphatic carbocycles. The topological polar surface area (TPSA) is 84.9 Å². The lowest BCUT2D eigenvalue weighted by molar-refractivity contribution is -0.141. The molecule has 22 heavy (non-hydrogen) atoms. The van der Waals surface area contributed by atoms with E-state index in [-0.39, 0.29) is 13.2 Å². The Morgan fingerprint density at radius 3 is 2.50 bits per heavy atom. The summed E-state index contributed by atoms with van der Waals surface area (Å²) in [5.74, 6) is -1.20. The molecule has 0 fully saturated rings.